The molecule has 3 aromatic rings. The second-order valence-corrected chi connectivity index (χ2v) is 4.09. The van der Waals surface area contributed by atoms with Gasteiger partial charge >= 0.3 is 0 Å². The summed E-state index contributed by atoms with van der Waals surface area (Å²) < 4.78 is 1.62. The summed E-state index contributed by atoms with van der Waals surface area (Å²) >= 11 is 0. The number of rotatable bonds is 2. The lowest BCUT2D eigenvalue weighted by Crippen LogP contribution is -2.08. The van der Waals surface area contributed by atoms with Gasteiger partial charge in [0.15, 0.2) is 5.82 Å². The Kier molecular flexibility index (Phi) is 2.75. The Bertz CT molecular complexity index is 684. The molecule has 0 radical (unpaired) electrons. The molecule has 2 aromatic heterocycles. The molecule has 0 atom stereocenters. The van der Waals surface area contributed by atoms with E-state index < -0.39 is 0 Å². The molecule has 0 unspecified atom stereocenters. The van der Waals surface area contributed by atoms with Gasteiger partial charge in [0, 0.05) is 5.56 Å². The van der Waals surface area contributed by atoms with E-state index in [9.17, 15) is 0 Å². The van der Waals surface area contributed by atoms with Crippen LogP contribution in [0, 0.1) is 13.8 Å². The number of hydrogen-bond acceptors (Lipinski definition) is 5. The third kappa shape index (κ3) is 2.20. The minimum atomic E-state index is 0.487. The van der Waals surface area contributed by atoms with Crippen molar-refractivity contribution in [1.82, 2.24) is 29.7 Å². The fourth-order valence-corrected chi connectivity index (χ4v) is 1.87. The highest BCUT2D eigenvalue weighted by atomic mass is 15.4. The molecule has 0 aliphatic carbocycles. The van der Waals surface area contributed by atoms with Crippen molar-refractivity contribution in [2.45, 2.75) is 13.8 Å². The third-order valence-corrected chi connectivity index (χ3v) is 2.62. The fourth-order valence-electron chi connectivity index (χ4n) is 1.87. The summed E-state index contributed by atoms with van der Waals surface area (Å²) in [6.45, 7) is 3.66. The number of aromatic nitrogens is 6. The summed E-state index contributed by atoms with van der Waals surface area (Å²) in [6, 6.07) is 9.82. The van der Waals surface area contributed by atoms with Gasteiger partial charge in [-0.25, -0.2) is 9.97 Å². The third-order valence-electron chi connectivity index (χ3n) is 2.62. The zero-order chi connectivity index (χ0) is 13.2. The van der Waals surface area contributed by atoms with Gasteiger partial charge in [0.1, 0.15) is 18.0 Å². The molecule has 6 nitrogen and oxygen atoms in total. The molecule has 0 fully saturated rings. The smallest absolute Gasteiger partial charge is 0.218 e. The monoisotopic (exact) mass is 252 g/mol. The zero-order valence-electron chi connectivity index (χ0n) is 10.6. The Morgan fingerprint density at radius 2 is 1.58 bits per heavy atom. The van der Waals surface area contributed by atoms with Crippen molar-refractivity contribution in [2.24, 2.45) is 0 Å². The maximum absolute atomic E-state index is 4.30. The molecule has 1 aromatic carbocycles. The van der Waals surface area contributed by atoms with E-state index in [4.69, 9.17) is 0 Å². The molecule has 0 N–H and O–H groups in total. The zero-order valence-corrected chi connectivity index (χ0v) is 10.6. The van der Waals surface area contributed by atoms with E-state index in [1.807, 2.05) is 44.2 Å². The maximum Gasteiger partial charge on any atom is 0.256 e. The van der Waals surface area contributed by atoms with Crippen LogP contribution in [0.3, 0.4) is 0 Å². The maximum atomic E-state index is 4.30. The van der Waals surface area contributed by atoms with Crippen molar-refractivity contribution in [3.05, 3.63) is 48.3 Å². The molecule has 0 amide bonds. The normalized spacial score (nSPS) is 10.6. The molecular formula is C13H12N6. The Balaban J connectivity index is 2.15. The quantitative estimate of drug-likeness (QED) is 0.694. The molecular weight excluding hydrogens is 240 g/mol. The van der Waals surface area contributed by atoms with Gasteiger partial charge in [-0.1, -0.05) is 30.3 Å². The van der Waals surface area contributed by atoms with Crippen LogP contribution < -0.4 is 0 Å². The fraction of sp³-hybridized carbons (Fsp3) is 0.154. The molecule has 0 aliphatic rings. The average molecular weight is 252 g/mol. The van der Waals surface area contributed by atoms with Gasteiger partial charge in [0.05, 0.1) is 0 Å². The van der Waals surface area contributed by atoms with Crippen LogP contribution >= 0.6 is 0 Å². The van der Waals surface area contributed by atoms with Gasteiger partial charge in [0.25, 0.3) is 5.95 Å². The molecule has 0 bridgehead atoms. The predicted molar refractivity (Wildman–Crippen MR) is 69.7 cm³/mol. The highest BCUT2D eigenvalue weighted by Gasteiger charge is 2.12. The van der Waals surface area contributed by atoms with Crippen LogP contribution in [-0.2, 0) is 0 Å². The lowest BCUT2D eigenvalue weighted by molar-refractivity contribution is 0.772. The first-order chi connectivity index (χ1) is 9.24. The second-order valence-electron chi connectivity index (χ2n) is 4.09. The van der Waals surface area contributed by atoms with Crippen LogP contribution in [0.4, 0.5) is 0 Å². The molecule has 0 aliphatic heterocycles. The van der Waals surface area contributed by atoms with E-state index in [0.29, 0.717) is 23.4 Å². The molecule has 0 saturated carbocycles. The summed E-state index contributed by atoms with van der Waals surface area (Å²) in [6.07, 6.45) is 1.50. The highest BCUT2D eigenvalue weighted by Crippen LogP contribution is 2.17. The van der Waals surface area contributed by atoms with Crippen LogP contribution in [0.5, 0.6) is 0 Å². The van der Waals surface area contributed by atoms with E-state index in [1.54, 1.807) is 4.68 Å². The molecule has 2 heterocycles. The summed E-state index contributed by atoms with van der Waals surface area (Å²) in [7, 11) is 0. The van der Waals surface area contributed by atoms with Crippen molar-refractivity contribution in [3.8, 4) is 17.3 Å². The van der Waals surface area contributed by atoms with Gasteiger partial charge in [-0.3, -0.25) is 0 Å². The van der Waals surface area contributed by atoms with Crippen LogP contribution in [0.1, 0.15) is 11.6 Å². The van der Waals surface area contributed by atoms with Gasteiger partial charge in [-0.2, -0.15) is 19.7 Å². The number of benzene rings is 1. The van der Waals surface area contributed by atoms with E-state index in [0.717, 1.165) is 5.56 Å². The van der Waals surface area contributed by atoms with Gasteiger partial charge in [-0.05, 0) is 13.8 Å². The molecule has 0 spiro atoms. The van der Waals surface area contributed by atoms with Gasteiger partial charge in [0.2, 0.25) is 0 Å². The van der Waals surface area contributed by atoms with Crippen LogP contribution in [0.2, 0.25) is 0 Å². The lowest BCUT2D eigenvalue weighted by atomic mass is 10.2. The van der Waals surface area contributed by atoms with E-state index >= 15 is 0 Å². The van der Waals surface area contributed by atoms with Crippen molar-refractivity contribution < 1.29 is 0 Å². The first-order valence-corrected chi connectivity index (χ1v) is 5.89. The van der Waals surface area contributed by atoms with Crippen LogP contribution in [0.25, 0.3) is 17.3 Å². The summed E-state index contributed by atoms with van der Waals surface area (Å²) in [5.41, 5.74) is 0.968. The van der Waals surface area contributed by atoms with Gasteiger partial charge < -0.3 is 0 Å². The van der Waals surface area contributed by atoms with Crippen molar-refractivity contribution >= 4 is 0 Å². The largest absolute Gasteiger partial charge is 0.256 e. The SMILES string of the molecule is Cc1nc(C)nc(-n2ncnc2-c2ccccc2)n1. The minimum Gasteiger partial charge on any atom is -0.218 e. The van der Waals surface area contributed by atoms with Crippen LogP contribution in [-0.4, -0.2) is 29.7 Å². The van der Waals surface area contributed by atoms with E-state index in [2.05, 4.69) is 25.0 Å². The average Bonchev–Trinajstić information content (AvgIpc) is 2.88. The van der Waals surface area contributed by atoms with Crippen molar-refractivity contribution in [1.29, 1.82) is 0 Å². The Labute approximate surface area is 110 Å². The van der Waals surface area contributed by atoms with E-state index in [1.165, 1.54) is 6.33 Å². The topological polar surface area (TPSA) is 69.4 Å². The highest BCUT2D eigenvalue weighted by molar-refractivity contribution is 5.56. The first kappa shape index (κ1) is 11.5. The molecule has 6 heteroatoms. The van der Waals surface area contributed by atoms with Gasteiger partial charge in [-0.15, -0.1) is 0 Å². The summed E-state index contributed by atoms with van der Waals surface area (Å²) in [5.74, 6) is 2.53. The Morgan fingerprint density at radius 1 is 0.895 bits per heavy atom. The van der Waals surface area contributed by atoms with Crippen LogP contribution in [0.15, 0.2) is 36.7 Å². The first-order valence-electron chi connectivity index (χ1n) is 5.89. The van der Waals surface area contributed by atoms with Crippen molar-refractivity contribution in [2.75, 3.05) is 0 Å². The second kappa shape index (κ2) is 4.56. The molecule has 19 heavy (non-hydrogen) atoms. The summed E-state index contributed by atoms with van der Waals surface area (Å²) in [4.78, 5) is 17.0. The Hall–Kier alpha value is -2.63. The predicted octanol–water partition coefficient (Wildman–Crippen LogP) is 1.74. The Morgan fingerprint density at radius 3 is 2.26 bits per heavy atom. The standard InChI is InChI=1S/C13H12N6/c1-9-16-10(2)18-13(17-9)19-12(14-8-15-19)11-6-4-3-5-7-11/h3-8H,1-2H3. The molecule has 3 rings (SSSR count). The summed E-state index contributed by atoms with van der Waals surface area (Å²) in [5, 5.41) is 4.20. The lowest BCUT2D eigenvalue weighted by Gasteiger charge is -2.05. The van der Waals surface area contributed by atoms with Crippen molar-refractivity contribution in [3.63, 3.8) is 0 Å². The molecule has 0 saturated heterocycles. The number of nitrogens with zero attached hydrogens (tertiary/aromatic N) is 6. The minimum absolute atomic E-state index is 0.487. The molecule has 94 valence electrons. The van der Waals surface area contributed by atoms with E-state index in [-0.39, 0.29) is 0 Å². The number of aryl methyl sites for hydroxylation is 2. The number of hydrogen-bond donors (Lipinski definition) is 0.